The molecule has 114 valence electrons. The lowest BCUT2D eigenvalue weighted by atomic mass is 10.2. The van der Waals surface area contributed by atoms with Crippen molar-refractivity contribution in [1.29, 1.82) is 0 Å². The third-order valence-electron chi connectivity index (χ3n) is 2.44. The molecule has 20 heavy (non-hydrogen) atoms. The van der Waals surface area contributed by atoms with E-state index in [1.807, 2.05) is 13.0 Å². The zero-order chi connectivity index (χ0) is 15.0. The zero-order valence-corrected chi connectivity index (χ0v) is 11.4. The van der Waals surface area contributed by atoms with Crippen molar-refractivity contribution < 1.29 is 27.4 Å². The van der Waals surface area contributed by atoms with Gasteiger partial charge in [0.15, 0.2) is 11.5 Å². The van der Waals surface area contributed by atoms with Crippen LogP contribution >= 0.6 is 0 Å². The highest BCUT2D eigenvalue weighted by Gasteiger charge is 2.28. The Morgan fingerprint density at radius 1 is 1.20 bits per heavy atom. The largest absolute Gasteiger partial charge is 0.522 e. The van der Waals surface area contributed by atoms with E-state index >= 15 is 0 Å². The Morgan fingerprint density at radius 2 is 1.95 bits per heavy atom. The van der Waals surface area contributed by atoms with E-state index in [0.29, 0.717) is 18.0 Å². The number of hydrogen-bond acceptors (Lipinski definition) is 4. The lowest BCUT2D eigenvalue weighted by Gasteiger charge is -2.15. The lowest BCUT2D eigenvalue weighted by Crippen LogP contribution is -2.19. The van der Waals surface area contributed by atoms with Crippen LogP contribution in [0.3, 0.4) is 0 Å². The molecule has 0 saturated carbocycles. The SMILES string of the molecule is CCNCc1cccc(OC)c1OCCOC(F)(F)F. The summed E-state index contributed by atoms with van der Waals surface area (Å²) in [6, 6.07) is 5.31. The number of para-hydroxylation sites is 1. The number of nitrogens with one attached hydrogen (secondary N) is 1. The second-order valence-electron chi connectivity index (χ2n) is 3.87. The molecule has 0 saturated heterocycles. The molecule has 0 aliphatic carbocycles. The van der Waals surface area contributed by atoms with Gasteiger partial charge >= 0.3 is 6.36 Å². The van der Waals surface area contributed by atoms with Gasteiger partial charge in [0.1, 0.15) is 6.61 Å². The first-order valence-electron chi connectivity index (χ1n) is 6.18. The minimum atomic E-state index is -4.64. The molecule has 0 atom stereocenters. The first-order valence-corrected chi connectivity index (χ1v) is 6.18. The summed E-state index contributed by atoms with van der Waals surface area (Å²) in [6.45, 7) is 2.50. The van der Waals surface area contributed by atoms with E-state index < -0.39 is 13.0 Å². The summed E-state index contributed by atoms with van der Waals surface area (Å²) in [5, 5.41) is 3.12. The fourth-order valence-electron chi connectivity index (χ4n) is 1.59. The molecule has 0 amide bonds. The van der Waals surface area contributed by atoms with E-state index in [9.17, 15) is 13.2 Å². The van der Waals surface area contributed by atoms with Crippen molar-refractivity contribution in [3.63, 3.8) is 0 Å². The van der Waals surface area contributed by atoms with E-state index in [2.05, 4.69) is 10.1 Å². The maximum atomic E-state index is 11.9. The topological polar surface area (TPSA) is 39.7 Å². The number of methoxy groups -OCH3 is 1. The Hall–Kier alpha value is -1.47. The predicted molar refractivity (Wildman–Crippen MR) is 67.9 cm³/mol. The number of halogens is 3. The highest BCUT2D eigenvalue weighted by molar-refractivity contribution is 5.46. The molecule has 0 aliphatic heterocycles. The van der Waals surface area contributed by atoms with Gasteiger partial charge in [-0.15, -0.1) is 13.2 Å². The summed E-state index contributed by atoms with van der Waals surface area (Å²) >= 11 is 0. The summed E-state index contributed by atoms with van der Waals surface area (Å²) in [5.74, 6) is 0.911. The minimum absolute atomic E-state index is 0.209. The Morgan fingerprint density at radius 3 is 2.55 bits per heavy atom. The standard InChI is InChI=1S/C13H18F3NO3/c1-3-17-9-10-5-4-6-11(18-2)12(10)19-7-8-20-13(14,15)16/h4-6,17H,3,7-9H2,1-2H3. The molecule has 0 radical (unpaired) electrons. The summed E-state index contributed by atoms with van der Waals surface area (Å²) in [6.07, 6.45) is -4.64. The van der Waals surface area contributed by atoms with Gasteiger partial charge in [0, 0.05) is 12.1 Å². The van der Waals surface area contributed by atoms with E-state index in [1.54, 1.807) is 12.1 Å². The lowest BCUT2D eigenvalue weighted by molar-refractivity contribution is -0.325. The molecule has 0 spiro atoms. The molecule has 1 aromatic rings. The molecule has 1 rings (SSSR count). The first-order chi connectivity index (χ1) is 9.48. The highest BCUT2D eigenvalue weighted by atomic mass is 19.4. The molecule has 0 bridgehead atoms. The van der Waals surface area contributed by atoms with Crippen LogP contribution in [0.4, 0.5) is 13.2 Å². The van der Waals surface area contributed by atoms with Gasteiger partial charge in [-0.3, -0.25) is 4.74 Å². The van der Waals surface area contributed by atoms with Crippen molar-refractivity contribution in [3.05, 3.63) is 23.8 Å². The summed E-state index contributed by atoms with van der Waals surface area (Å²) in [4.78, 5) is 0. The molecule has 1 aromatic carbocycles. The fraction of sp³-hybridized carbons (Fsp3) is 0.538. The van der Waals surface area contributed by atoms with E-state index in [4.69, 9.17) is 9.47 Å². The van der Waals surface area contributed by atoms with Crippen LogP contribution in [0.25, 0.3) is 0 Å². The van der Waals surface area contributed by atoms with Crippen molar-refractivity contribution in [2.75, 3.05) is 26.9 Å². The third-order valence-corrected chi connectivity index (χ3v) is 2.44. The van der Waals surface area contributed by atoms with Gasteiger partial charge in [-0.1, -0.05) is 19.1 Å². The van der Waals surface area contributed by atoms with Crippen LogP contribution in [0.2, 0.25) is 0 Å². The molecule has 0 fully saturated rings. The van der Waals surface area contributed by atoms with Gasteiger partial charge < -0.3 is 14.8 Å². The van der Waals surface area contributed by atoms with Crippen molar-refractivity contribution in [3.8, 4) is 11.5 Å². The normalized spacial score (nSPS) is 11.4. The summed E-state index contributed by atoms with van der Waals surface area (Å²) < 4.78 is 49.8. The molecular formula is C13H18F3NO3. The molecule has 7 heteroatoms. The molecule has 0 aliphatic rings. The van der Waals surface area contributed by atoms with Crippen LogP contribution in [0.5, 0.6) is 11.5 Å². The summed E-state index contributed by atoms with van der Waals surface area (Å²) in [5.41, 5.74) is 0.818. The molecule has 0 aromatic heterocycles. The number of ether oxygens (including phenoxy) is 3. The number of rotatable bonds is 8. The maximum Gasteiger partial charge on any atom is 0.522 e. The second kappa shape index (κ2) is 7.96. The predicted octanol–water partition coefficient (Wildman–Crippen LogP) is 2.72. The van der Waals surface area contributed by atoms with Crippen LogP contribution in [-0.4, -0.2) is 33.2 Å². The fourth-order valence-corrected chi connectivity index (χ4v) is 1.59. The third kappa shape index (κ3) is 5.66. The van der Waals surface area contributed by atoms with Gasteiger partial charge in [0.05, 0.1) is 13.7 Å². The highest BCUT2D eigenvalue weighted by Crippen LogP contribution is 2.31. The quantitative estimate of drug-likeness (QED) is 0.748. The van der Waals surface area contributed by atoms with Crippen molar-refractivity contribution in [1.82, 2.24) is 5.32 Å². The van der Waals surface area contributed by atoms with Gasteiger partial charge in [-0.2, -0.15) is 0 Å². The summed E-state index contributed by atoms with van der Waals surface area (Å²) in [7, 11) is 1.48. The smallest absolute Gasteiger partial charge is 0.493 e. The molecular weight excluding hydrogens is 275 g/mol. The van der Waals surface area contributed by atoms with Gasteiger partial charge in [-0.25, -0.2) is 0 Å². The van der Waals surface area contributed by atoms with Crippen molar-refractivity contribution in [2.45, 2.75) is 19.8 Å². The Bertz CT molecular complexity index is 410. The second-order valence-corrected chi connectivity index (χ2v) is 3.87. The number of hydrogen-bond donors (Lipinski definition) is 1. The van der Waals surface area contributed by atoms with Crippen molar-refractivity contribution >= 4 is 0 Å². The Balaban J connectivity index is 2.65. The van der Waals surface area contributed by atoms with Crippen LogP contribution < -0.4 is 14.8 Å². The van der Waals surface area contributed by atoms with Crippen LogP contribution in [0, 0.1) is 0 Å². The van der Waals surface area contributed by atoms with Crippen molar-refractivity contribution in [2.24, 2.45) is 0 Å². The average molecular weight is 293 g/mol. The van der Waals surface area contributed by atoms with Gasteiger partial charge in [0.2, 0.25) is 0 Å². The number of benzene rings is 1. The monoisotopic (exact) mass is 293 g/mol. The number of alkyl halides is 3. The zero-order valence-electron chi connectivity index (χ0n) is 11.4. The van der Waals surface area contributed by atoms with Gasteiger partial charge in [0.25, 0.3) is 0 Å². The molecule has 0 heterocycles. The van der Waals surface area contributed by atoms with E-state index in [0.717, 1.165) is 12.1 Å². The van der Waals surface area contributed by atoms with Crippen LogP contribution in [0.15, 0.2) is 18.2 Å². The van der Waals surface area contributed by atoms with E-state index in [1.165, 1.54) is 7.11 Å². The molecule has 0 unspecified atom stereocenters. The molecule has 4 nitrogen and oxygen atoms in total. The first kappa shape index (κ1) is 16.6. The molecule has 1 N–H and O–H groups in total. The van der Waals surface area contributed by atoms with Crippen LogP contribution in [0.1, 0.15) is 12.5 Å². The maximum absolute atomic E-state index is 11.9. The van der Waals surface area contributed by atoms with Crippen LogP contribution in [-0.2, 0) is 11.3 Å². The minimum Gasteiger partial charge on any atom is -0.493 e. The average Bonchev–Trinajstić information content (AvgIpc) is 2.40. The Labute approximate surface area is 115 Å². The Kier molecular flexibility index (Phi) is 6.60. The van der Waals surface area contributed by atoms with Gasteiger partial charge in [-0.05, 0) is 12.6 Å². The van der Waals surface area contributed by atoms with E-state index in [-0.39, 0.29) is 6.61 Å².